The molecule has 1 atom stereocenters. The van der Waals surface area contributed by atoms with Crippen molar-refractivity contribution in [2.45, 2.75) is 19.4 Å². The van der Waals surface area contributed by atoms with Crippen LogP contribution in [0.3, 0.4) is 0 Å². The number of nitrogens with two attached hydrogens (primary N) is 1. The first-order valence-electron chi connectivity index (χ1n) is 6.12. The molecule has 0 saturated carbocycles. The van der Waals surface area contributed by atoms with E-state index < -0.39 is 0 Å². The van der Waals surface area contributed by atoms with Crippen molar-refractivity contribution in [3.8, 4) is 11.5 Å². The van der Waals surface area contributed by atoms with Gasteiger partial charge in [0.2, 0.25) is 0 Å². The average Bonchev–Trinajstić information content (AvgIpc) is 2.37. The van der Waals surface area contributed by atoms with Crippen LogP contribution in [-0.4, -0.2) is 6.04 Å². The molecule has 0 bridgehead atoms. The lowest BCUT2D eigenvalue weighted by molar-refractivity contribution is 0.473. The predicted molar refractivity (Wildman–Crippen MR) is 83.0 cm³/mol. The van der Waals surface area contributed by atoms with E-state index in [-0.39, 0.29) is 11.9 Å². The van der Waals surface area contributed by atoms with E-state index in [0.29, 0.717) is 27.4 Å². The number of hydrogen-bond donors (Lipinski definition) is 1. The van der Waals surface area contributed by atoms with E-state index in [1.165, 1.54) is 12.1 Å². The van der Waals surface area contributed by atoms with Crippen molar-refractivity contribution in [2.75, 3.05) is 0 Å². The van der Waals surface area contributed by atoms with Gasteiger partial charge in [-0.05, 0) is 59.1 Å². The molecule has 0 saturated heterocycles. The van der Waals surface area contributed by atoms with E-state index in [4.69, 9.17) is 22.1 Å². The zero-order valence-corrected chi connectivity index (χ0v) is 13.2. The second-order valence-corrected chi connectivity index (χ2v) is 5.87. The summed E-state index contributed by atoms with van der Waals surface area (Å²) in [5, 5.41) is 0.590. The Morgan fingerprint density at radius 3 is 2.70 bits per heavy atom. The standard InChI is InChI=1S/C15H14BrClFNO/c1-9(19)6-10-2-4-12(8-14(10)17)20-15-7-11(18)3-5-13(15)16/h2-5,7-9H,6,19H2,1H3. The van der Waals surface area contributed by atoms with Crippen LogP contribution < -0.4 is 10.5 Å². The molecule has 0 heterocycles. The highest BCUT2D eigenvalue weighted by atomic mass is 79.9. The molecule has 106 valence electrons. The third kappa shape index (κ3) is 3.95. The van der Waals surface area contributed by atoms with Crippen molar-refractivity contribution in [3.63, 3.8) is 0 Å². The number of hydrogen-bond acceptors (Lipinski definition) is 2. The summed E-state index contributed by atoms with van der Waals surface area (Å²) >= 11 is 9.50. The fraction of sp³-hybridized carbons (Fsp3) is 0.200. The van der Waals surface area contributed by atoms with Gasteiger partial charge in [-0.2, -0.15) is 0 Å². The van der Waals surface area contributed by atoms with E-state index in [1.807, 2.05) is 13.0 Å². The SMILES string of the molecule is CC(N)Cc1ccc(Oc2cc(F)ccc2Br)cc1Cl. The van der Waals surface area contributed by atoms with Gasteiger partial charge >= 0.3 is 0 Å². The van der Waals surface area contributed by atoms with Crippen molar-refractivity contribution in [1.29, 1.82) is 0 Å². The maximum atomic E-state index is 13.2. The fourth-order valence-corrected chi connectivity index (χ4v) is 2.36. The first kappa shape index (κ1) is 15.3. The number of halogens is 3. The van der Waals surface area contributed by atoms with Gasteiger partial charge in [-0.25, -0.2) is 4.39 Å². The Morgan fingerprint density at radius 1 is 1.30 bits per heavy atom. The van der Waals surface area contributed by atoms with E-state index in [9.17, 15) is 4.39 Å². The highest BCUT2D eigenvalue weighted by Crippen LogP contribution is 2.32. The maximum absolute atomic E-state index is 13.2. The van der Waals surface area contributed by atoms with Crippen molar-refractivity contribution in [1.82, 2.24) is 0 Å². The molecule has 0 aliphatic rings. The Kier molecular flexibility index (Phi) is 5.02. The molecular weight excluding hydrogens is 345 g/mol. The Hall–Kier alpha value is -1.10. The highest BCUT2D eigenvalue weighted by Gasteiger charge is 2.08. The van der Waals surface area contributed by atoms with Gasteiger partial charge < -0.3 is 10.5 Å². The predicted octanol–water partition coefficient (Wildman–Crippen LogP) is 4.92. The summed E-state index contributed by atoms with van der Waals surface area (Å²) in [5.74, 6) is 0.596. The molecule has 0 aliphatic carbocycles. The molecule has 0 aromatic heterocycles. The average molecular weight is 359 g/mol. The number of rotatable bonds is 4. The third-order valence-electron chi connectivity index (χ3n) is 2.69. The van der Waals surface area contributed by atoms with Crippen molar-refractivity contribution < 1.29 is 9.13 Å². The van der Waals surface area contributed by atoms with Crippen LogP contribution in [0, 0.1) is 5.82 Å². The van der Waals surface area contributed by atoms with Crippen LogP contribution in [0.1, 0.15) is 12.5 Å². The molecular formula is C15H14BrClFNO. The maximum Gasteiger partial charge on any atom is 0.144 e. The minimum Gasteiger partial charge on any atom is -0.456 e. The van der Waals surface area contributed by atoms with Crippen LogP contribution in [0.15, 0.2) is 40.9 Å². The highest BCUT2D eigenvalue weighted by molar-refractivity contribution is 9.10. The topological polar surface area (TPSA) is 35.2 Å². The zero-order chi connectivity index (χ0) is 14.7. The van der Waals surface area contributed by atoms with Gasteiger partial charge in [0.05, 0.1) is 4.47 Å². The summed E-state index contributed by atoms with van der Waals surface area (Å²) in [7, 11) is 0. The molecule has 0 radical (unpaired) electrons. The van der Waals surface area contributed by atoms with Crippen LogP contribution >= 0.6 is 27.5 Å². The molecule has 2 aromatic rings. The summed E-state index contributed by atoms with van der Waals surface area (Å²) < 4.78 is 19.5. The molecule has 2 aromatic carbocycles. The zero-order valence-electron chi connectivity index (χ0n) is 10.9. The lowest BCUT2D eigenvalue weighted by atomic mass is 10.1. The summed E-state index contributed by atoms with van der Waals surface area (Å²) in [6, 6.07) is 9.67. The first-order chi connectivity index (χ1) is 9.45. The summed E-state index contributed by atoms with van der Waals surface area (Å²) in [4.78, 5) is 0. The molecule has 0 aliphatic heterocycles. The van der Waals surface area contributed by atoms with E-state index in [0.717, 1.165) is 5.56 Å². The molecule has 2 N–H and O–H groups in total. The van der Waals surface area contributed by atoms with Gasteiger partial charge in [-0.1, -0.05) is 17.7 Å². The second-order valence-electron chi connectivity index (χ2n) is 4.61. The minimum atomic E-state index is -0.358. The summed E-state index contributed by atoms with van der Waals surface area (Å²) in [6.07, 6.45) is 0.697. The largest absolute Gasteiger partial charge is 0.456 e. The van der Waals surface area contributed by atoms with Gasteiger partial charge in [0.1, 0.15) is 17.3 Å². The molecule has 20 heavy (non-hydrogen) atoms. The normalized spacial score (nSPS) is 12.2. The second kappa shape index (κ2) is 6.57. The van der Waals surface area contributed by atoms with Crippen LogP contribution in [0.25, 0.3) is 0 Å². The molecule has 0 spiro atoms. The summed E-state index contributed by atoms with van der Waals surface area (Å²) in [5.41, 5.74) is 6.72. The monoisotopic (exact) mass is 357 g/mol. The fourth-order valence-electron chi connectivity index (χ4n) is 1.79. The lowest BCUT2D eigenvalue weighted by Crippen LogP contribution is -2.17. The Morgan fingerprint density at radius 2 is 2.05 bits per heavy atom. The molecule has 0 fully saturated rings. The van der Waals surface area contributed by atoms with Crippen LogP contribution in [0.5, 0.6) is 11.5 Å². The van der Waals surface area contributed by atoms with Crippen LogP contribution in [0.4, 0.5) is 4.39 Å². The van der Waals surface area contributed by atoms with Crippen molar-refractivity contribution in [3.05, 3.63) is 57.3 Å². The Bertz CT molecular complexity index is 619. The quantitative estimate of drug-likeness (QED) is 0.841. The van der Waals surface area contributed by atoms with Crippen molar-refractivity contribution in [2.24, 2.45) is 5.73 Å². The van der Waals surface area contributed by atoms with Gasteiger partial charge in [0, 0.05) is 17.1 Å². The smallest absolute Gasteiger partial charge is 0.144 e. The molecule has 2 nitrogen and oxygen atoms in total. The van der Waals surface area contributed by atoms with E-state index in [1.54, 1.807) is 18.2 Å². The van der Waals surface area contributed by atoms with Gasteiger partial charge in [-0.3, -0.25) is 0 Å². The molecule has 2 rings (SSSR count). The lowest BCUT2D eigenvalue weighted by Gasteiger charge is -2.11. The Balaban J connectivity index is 2.22. The number of ether oxygens (including phenoxy) is 1. The van der Waals surface area contributed by atoms with Crippen molar-refractivity contribution >= 4 is 27.5 Å². The van der Waals surface area contributed by atoms with Gasteiger partial charge in [0.15, 0.2) is 0 Å². The third-order valence-corrected chi connectivity index (χ3v) is 3.69. The number of benzene rings is 2. The van der Waals surface area contributed by atoms with Crippen LogP contribution in [-0.2, 0) is 6.42 Å². The van der Waals surface area contributed by atoms with E-state index >= 15 is 0 Å². The van der Waals surface area contributed by atoms with Gasteiger partial charge in [0.25, 0.3) is 0 Å². The van der Waals surface area contributed by atoms with Crippen LogP contribution in [0.2, 0.25) is 5.02 Å². The molecule has 0 amide bonds. The summed E-state index contributed by atoms with van der Waals surface area (Å²) in [6.45, 7) is 1.92. The molecule has 1 unspecified atom stereocenters. The Labute approximate surface area is 130 Å². The van der Waals surface area contributed by atoms with E-state index in [2.05, 4.69) is 15.9 Å². The first-order valence-corrected chi connectivity index (χ1v) is 7.29. The molecule has 5 heteroatoms. The van der Waals surface area contributed by atoms with Gasteiger partial charge in [-0.15, -0.1) is 0 Å². The minimum absolute atomic E-state index is 0.0385.